The summed E-state index contributed by atoms with van der Waals surface area (Å²) in [5.74, 6) is 0.378. The van der Waals surface area contributed by atoms with Gasteiger partial charge in [-0.15, -0.1) is 0 Å². The van der Waals surface area contributed by atoms with E-state index in [0.717, 1.165) is 12.5 Å². The molecule has 2 nitrogen and oxygen atoms in total. The lowest BCUT2D eigenvalue weighted by Gasteiger charge is -2.18. The fourth-order valence-corrected chi connectivity index (χ4v) is 4.97. The molecule has 122 valence electrons. The van der Waals surface area contributed by atoms with Crippen LogP contribution in [0.1, 0.15) is 30.6 Å². The number of hydrogen-bond acceptors (Lipinski definition) is 4. The van der Waals surface area contributed by atoms with E-state index in [1.165, 1.54) is 5.56 Å². The Hall–Kier alpha value is -0.653. The predicted molar refractivity (Wildman–Crippen MR) is 103 cm³/mol. The highest BCUT2D eigenvalue weighted by molar-refractivity contribution is 8.22. The topological polar surface area (TPSA) is 26.3 Å². The molecule has 1 unspecified atom stereocenters. The molecule has 1 aromatic carbocycles. The Labute approximate surface area is 145 Å². The first-order valence-corrected chi connectivity index (χ1v) is 12.7. The molecule has 0 bridgehead atoms. The minimum Gasteiger partial charge on any atom is -0.479 e. The molecule has 0 amide bonds. The molecular formula is C17H26O2S2Si. The third-order valence-corrected chi connectivity index (χ3v) is 6.05. The summed E-state index contributed by atoms with van der Waals surface area (Å²) >= 11 is 6.81. The molecule has 1 rings (SSSR count). The van der Waals surface area contributed by atoms with Crippen molar-refractivity contribution in [2.75, 3.05) is 6.61 Å². The van der Waals surface area contributed by atoms with Crippen LogP contribution in [-0.2, 0) is 9.53 Å². The molecule has 0 aliphatic carbocycles. The van der Waals surface area contributed by atoms with Crippen molar-refractivity contribution in [1.82, 2.24) is 0 Å². The maximum absolute atomic E-state index is 12.2. The van der Waals surface area contributed by atoms with Gasteiger partial charge in [-0.3, -0.25) is 0 Å². The van der Waals surface area contributed by atoms with E-state index in [4.69, 9.17) is 17.0 Å². The second-order valence-corrected chi connectivity index (χ2v) is 13.8. The van der Waals surface area contributed by atoms with Gasteiger partial charge in [0, 0.05) is 17.7 Å². The summed E-state index contributed by atoms with van der Waals surface area (Å²) in [6.45, 7) is 9.22. The van der Waals surface area contributed by atoms with Gasteiger partial charge in [-0.05, 0) is 31.1 Å². The highest BCUT2D eigenvalue weighted by atomic mass is 32.2. The number of carbonyl (C=O) groups is 1. The predicted octanol–water partition coefficient (Wildman–Crippen LogP) is 5.47. The van der Waals surface area contributed by atoms with E-state index in [1.54, 1.807) is 11.8 Å². The monoisotopic (exact) mass is 354 g/mol. The number of thioether (sulfide) groups is 1. The molecule has 1 atom stereocenters. The molecule has 0 fully saturated rings. The van der Waals surface area contributed by atoms with Crippen LogP contribution >= 0.6 is 24.0 Å². The molecule has 0 aliphatic rings. The average molecular weight is 355 g/mol. The number of ether oxygens (including phenoxy) is 1. The van der Waals surface area contributed by atoms with E-state index in [0.29, 0.717) is 23.2 Å². The molecule has 5 heteroatoms. The quantitative estimate of drug-likeness (QED) is 0.457. The lowest BCUT2D eigenvalue weighted by atomic mass is 10.1. The maximum Gasteiger partial charge on any atom is 0.220 e. The van der Waals surface area contributed by atoms with E-state index in [9.17, 15) is 4.79 Å². The molecule has 0 N–H and O–H groups in total. The Kier molecular flexibility index (Phi) is 8.36. The van der Waals surface area contributed by atoms with Crippen molar-refractivity contribution >= 4 is 42.2 Å². The zero-order chi connectivity index (χ0) is 16.6. The van der Waals surface area contributed by atoms with E-state index in [2.05, 4.69) is 31.8 Å². The van der Waals surface area contributed by atoms with Crippen molar-refractivity contribution in [2.45, 2.75) is 50.7 Å². The van der Waals surface area contributed by atoms with Gasteiger partial charge in [0.15, 0.2) is 0 Å². The Morgan fingerprint density at radius 3 is 2.45 bits per heavy atom. The third-order valence-electron chi connectivity index (χ3n) is 3.08. The van der Waals surface area contributed by atoms with Gasteiger partial charge in [-0.1, -0.05) is 61.7 Å². The van der Waals surface area contributed by atoms with Gasteiger partial charge in [0.25, 0.3) is 0 Å². The molecule has 0 saturated heterocycles. The Balaban J connectivity index is 2.66. The smallest absolute Gasteiger partial charge is 0.220 e. The standard InChI is InChI=1S/C17H26O2S2Si/c1-5-19-17(20)21-16(14-9-7-6-8-10-14)12-11-15(18)13-22(2,3)4/h6-10,16H,5,11-13H2,1-4H3. The lowest BCUT2D eigenvalue weighted by Crippen LogP contribution is -2.24. The first-order chi connectivity index (χ1) is 10.3. The van der Waals surface area contributed by atoms with Crippen molar-refractivity contribution < 1.29 is 9.53 Å². The van der Waals surface area contributed by atoms with Crippen molar-refractivity contribution in [3.63, 3.8) is 0 Å². The number of carbonyl (C=O) groups excluding carboxylic acids is 1. The van der Waals surface area contributed by atoms with Crippen LogP contribution in [-0.4, -0.2) is 24.8 Å². The molecule has 0 aliphatic heterocycles. The highest BCUT2D eigenvalue weighted by Crippen LogP contribution is 2.35. The fraction of sp³-hybridized carbons (Fsp3) is 0.529. The summed E-state index contributed by atoms with van der Waals surface area (Å²) in [6.07, 6.45) is 1.43. The maximum atomic E-state index is 12.2. The highest BCUT2D eigenvalue weighted by Gasteiger charge is 2.21. The van der Waals surface area contributed by atoms with Gasteiger partial charge in [-0.2, -0.15) is 0 Å². The zero-order valence-corrected chi connectivity index (χ0v) is 16.6. The van der Waals surface area contributed by atoms with Gasteiger partial charge >= 0.3 is 0 Å². The molecule has 0 aromatic heterocycles. The van der Waals surface area contributed by atoms with Crippen molar-refractivity contribution in [2.24, 2.45) is 0 Å². The number of hydrogen-bond donors (Lipinski definition) is 0. The lowest BCUT2D eigenvalue weighted by molar-refractivity contribution is -0.117. The Morgan fingerprint density at radius 2 is 1.91 bits per heavy atom. The molecular weight excluding hydrogens is 328 g/mol. The molecule has 0 heterocycles. The summed E-state index contributed by atoms with van der Waals surface area (Å²) in [6, 6.07) is 11.0. The first kappa shape index (κ1) is 19.4. The summed E-state index contributed by atoms with van der Waals surface area (Å²) in [5.41, 5.74) is 1.20. The normalized spacial score (nSPS) is 12.7. The van der Waals surface area contributed by atoms with Crippen LogP contribution in [0.4, 0.5) is 0 Å². The van der Waals surface area contributed by atoms with E-state index in [1.807, 2.05) is 25.1 Å². The SMILES string of the molecule is CCOC(=S)SC(CCC(=O)C[Si](C)(C)C)c1ccccc1. The average Bonchev–Trinajstić information content (AvgIpc) is 2.43. The van der Waals surface area contributed by atoms with Crippen LogP contribution < -0.4 is 0 Å². The summed E-state index contributed by atoms with van der Waals surface area (Å²) in [5, 5.41) is 0.186. The molecule has 0 spiro atoms. The third kappa shape index (κ3) is 8.10. The van der Waals surface area contributed by atoms with Crippen LogP contribution in [0.15, 0.2) is 30.3 Å². The van der Waals surface area contributed by atoms with Crippen LogP contribution in [0, 0.1) is 0 Å². The molecule has 0 saturated carbocycles. The summed E-state index contributed by atoms with van der Waals surface area (Å²) < 4.78 is 5.96. The second kappa shape index (κ2) is 9.48. The minimum absolute atomic E-state index is 0.186. The van der Waals surface area contributed by atoms with Crippen molar-refractivity contribution in [3.05, 3.63) is 35.9 Å². The van der Waals surface area contributed by atoms with Gasteiger partial charge in [0.1, 0.15) is 5.78 Å². The number of benzene rings is 1. The molecule has 1 aromatic rings. The molecule has 22 heavy (non-hydrogen) atoms. The van der Waals surface area contributed by atoms with Crippen molar-refractivity contribution in [1.29, 1.82) is 0 Å². The first-order valence-electron chi connectivity index (χ1n) is 7.72. The van der Waals surface area contributed by atoms with Gasteiger partial charge < -0.3 is 9.53 Å². The number of Topliss-reactive ketones (excluding diaryl/α,β-unsaturated/α-hetero) is 1. The largest absolute Gasteiger partial charge is 0.479 e. The second-order valence-electron chi connectivity index (χ2n) is 6.51. The fourth-order valence-electron chi connectivity index (χ4n) is 2.20. The Bertz CT molecular complexity index is 483. The van der Waals surface area contributed by atoms with Crippen LogP contribution in [0.2, 0.25) is 25.7 Å². The zero-order valence-electron chi connectivity index (χ0n) is 13.9. The summed E-state index contributed by atoms with van der Waals surface area (Å²) in [4.78, 5) is 12.2. The van der Waals surface area contributed by atoms with Crippen LogP contribution in [0.5, 0.6) is 0 Å². The molecule has 0 radical (unpaired) electrons. The van der Waals surface area contributed by atoms with Crippen molar-refractivity contribution in [3.8, 4) is 0 Å². The number of rotatable bonds is 8. The van der Waals surface area contributed by atoms with E-state index in [-0.39, 0.29) is 5.25 Å². The van der Waals surface area contributed by atoms with Crippen LogP contribution in [0.25, 0.3) is 0 Å². The Morgan fingerprint density at radius 1 is 1.27 bits per heavy atom. The van der Waals surface area contributed by atoms with E-state index >= 15 is 0 Å². The van der Waals surface area contributed by atoms with E-state index < -0.39 is 8.07 Å². The summed E-state index contributed by atoms with van der Waals surface area (Å²) in [7, 11) is -1.32. The van der Waals surface area contributed by atoms with Crippen LogP contribution in [0.3, 0.4) is 0 Å². The van der Waals surface area contributed by atoms with Gasteiger partial charge in [0.2, 0.25) is 4.38 Å². The van der Waals surface area contributed by atoms with Gasteiger partial charge in [0.05, 0.1) is 14.7 Å². The number of thiocarbonyl (C=S) groups is 1. The van der Waals surface area contributed by atoms with Gasteiger partial charge in [-0.25, -0.2) is 0 Å². The number of ketones is 1. The minimum atomic E-state index is -1.32.